The summed E-state index contributed by atoms with van der Waals surface area (Å²) in [7, 11) is -2.99. The number of carbonyl (C=O) groups excluding carboxylic acids is 1. The molecule has 2 N–H and O–H groups in total. The van der Waals surface area contributed by atoms with Gasteiger partial charge in [-0.2, -0.15) is 0 Å². The largest absolute Gasteiger partial charge is 0.695 e. The highest BCUT2D eigenvalue weighted by molar-refractivity contribution is 7.32. The molecule has 1 aliphatic heterocycles. The highest BCUT2D eigenvalue weighted by atomic mass is 31.1. The summed E-state index contributed by atoms with van der Waals surface area (Å²) < 4.78 is 38.0. The summed E-state index contributed by atoms with van der Waals surface area (Å²) >= 11 is 0. The second kappa shape index (κ2) is 8.49. The number of halogens is 1. The predicted octanol–water partition coefficient (Wildman–Crippen LogP) is 2.76. The minimum atomic E-state index is -2.99. The van der Waals surface area contributed by atoms with Crippen molar-refractivity contribution in [1.82, 2.24) is 19.5 Å². The lowest BCUT2D eigenvalue weighted by molar-refractivity contribution is -0.0222. The third-order valence-corrected chi connectivity index (χ3v) is 5.21. The van der Waals surface area contributed by atoms with Crippen molar-refractivity contribution in [2.75, 3.05) is 5.32 Å². The maximum Gasteiger partial charge on any atom is 0.695 e. The zero-order chi connectivity index (χ0) is 21.3. The molecule has 0 bridgehead atoms. The van der Waals surface area contributed by atoms with Gasteiger partial charge in [-0.15, -0.1) is 9.42 Å². The van der Waals surface area contributed by atoms with Crippen LogP contribution in [0.3, 0.4) is 0 Å². The first-order chi connectivity index (χ1) is 14.5. The normalized spacial score (nSPS) is 24.2. The van der Waals surface area contributed by atoms with Crippen LogP contribution in [0, 0.1) is 0 Å². The van der Waals surface area contributed by atoms with Gasteiger partial charge >= 0.3 is 8.25 Å². The van der Waals surface area contributed by atoms with E-state index in [4.69, 9.17) is 14.2 Å². The Kier molecular flexibility index (Phi) is 5.78. The Hall–Kier alpha value is -2.85. The summed E-state index contributed by atoms with van der Waals surface area (Å²) in [6, 6.07) is 8.58. The molecular weight excluding hydrogens is 416 g/mol. The van der Waals surface area contributed by atoms with Crippen LogP contribution in [-0.2, 0) is 13.8 Å². The number of alkyl halides is 1. The number of amides is 1. The van der Waals surface area contributed by atoms with Crippen LogP contribution in [0.1, 0.15) is 29.9 Å². The number of nitrogens with one attached hydrogen (secondary N) is 1. The lowest BCUT2D eigenvalue weighted by atomic mass is 10.1. The van der Waals surface area contributed by atoms with Crippen LogP contribution in [0.2, 0.25) is 0 Å². The molecule has 2 aromatic heterocycles. The molecule has 1 amide bonds. The van der Waals surface area contributed by atoms with Gasteiger partial charge in [-0.3, -0.25) is 9.36 Å². The third kappa shape index (κ3) is 3.80. The summed E-state index contributed by atoms with van der Waals surface area (Å²) in [6.07, 6.45) is -1.88. The first kappa shape index (κ1) is 20.4. The standard InChI is InChI=1S/C18H17FN5O5P/c1-2-11-14(29-30(26)27)12(19)18(28-11)24-9-22-13-15(20-8-21-16(13)24)23-17(25)10-6-4-3-5-7-10/h3-9,11-12,14,18H,2H2,1H3,(H-,20,21,23,25,26,27)/p+1/t11-,12-,14-,18-/m1/s1. The van der Waals surface area contributed by atoms with E-state index in [2.05, 4.69) is 20.3 Å². The fourth-order valence-corrected chi connectivity index (χ4v) is 3.84. The molecule has 156 valence electrons. The Bertz CT molecular complexity index is 1080. The van der Waals surface area contributed by atoms with Gasteiger partial charge in [0.15, 0.2) is 35.5 Å². The first-order valence-electron chi connectivity index (χ1n) is 9.16. The van der Waals surface area contributed by atoms with E-state index < -0.39 is 32.9 Å². The van der Waals surface area contributed by atoms with Gasteiger partial charge in [-0.25, -0.2) is 19.3 Å². The van der Waals surface area contributed by atoms with E-state index in [0.29, 0.717) is 12.0 Å². The van der Waals surface area contributed by atoms with Crippen molar-refractivity contribution in [2.24, 2.45) is 0 Å². The molecule has 1 saturated heterocycles. The molecular formula is C18H18FN5O5P+. The topological polar surface area (TPSA) is 128 Å². The zero-order valence-corrected chi connectivity index (χ0v) is 16.6. The first-order valence-corrected chi connectivity index (χ1v) is 10.3. The number of hydrogen-bond acceptors (Lipinski definition) is 7. The van der Waals surface area contributed by atoms with Crippen LogP contribution >= 0.6 is 8.25 Å². The highest BCUT2D eigenvalue weighted by Crippen LogP contribution is 2.40. The predicted molar refractivity (Wildman–Crippen MR) is 104 cm³/mol. The molecule has 0 radical (unpaired) electrons. The number of nitrogens with zero attached hydrogens (tertiary/aromatic N) is 4. The fraction of sp³-hybridized carbons (Fsp3) is 0.333. The van der Waals surface area contributed by atoms with Gasteiger partial charge in [-0.1, -0.05) is 25.1 Å². The van der Waals surface area contributed by atoms with Gasteiger partial charge in [0.2, 0.25) is 0 Å². The molecule has 30 heavy (non-hydrogen) atoms. The number of imidazole rings is 1. The summed E-state index contributed by atoms with van der Waals surface area (Å²) in [5.41, 5.74) is 0.934. The molecule has 1 aliphatic rings. The van der Waals surface area contributed by atoms with Crippen molar-refractivity contribution in [3.8, 4) is 0 Å². The molecule has 4 rings (SSSR count). The van der Waals surface area contributed by atoms with E-state index in [-0.39, 0.29) is 22.9 Å². The van der Waals surface area contributed by atoms with Gasteiger partial charge in [0.25, 0.3) is 5.91 Å². The molecule has 1 aromatic carbocycles. The molecule has 0 spiro atoms. The van der Waals surface area contributed by atoms with Crippen molar-refractivity contribution < 1.29 is 27.9 Å². The Balaban J connectivity index is 1.63. The molecule has 1 fully saturated rings. The fourth-order valence-electron chi connectivity index (χ4n) is 3.38. The zero-order valence-electron chi connectivity index (χ0n) is 15.8. The van der Waals surface area contributed by atoms with E-state index in [0.717, 1.165) is 0 Å². The second-order valence-electron chi connectivity index (χ2n) is 6.59. The van der Waals surface area contributed by atoms with E-state index in [1.54, 1.807) is 37.3 Å². The van der Waals surface area contributed by atoms with E-state index in [9.17, 15) is 9.36 Å². The number of rotatable bonds is 6. The molecule has 10 nitrogen and oxygen atoms in total. The quantitative estimate of drug-likeness (QED) is 0.567. The van der Waals surface area contributed by atoms with Crippen molar-refractivity contribution in [1.29, 1.82) is 0 Å². The van der Waals surface area contributed by atoms with Gasteiger partial charge in [0.1, 0.15) is 6.33 Å². The Morgan fingerprint density at radius 3 is 2.80 bits per heavy atom. The summed E-state index contributed by atoms with van der Waals surface area (Å²) in [4.78, 5) is 33.9. The molecule has 5 atom stereocenters. The molecule has 3 heterocycles. The Morgan fingerprint density at radius 2 is 2.10 bits per heavy atom. The second-order valence-corrected chi connectivity index (χ2v) is 7.28. The van der Waals surface area contributed by atoms with Crippen LogP contribution < -0.4 is 5.32 Å². The van der Waals surface area contributed by atoms with Crippen LogP contribution in [0.15, 0.2) is 43.0 Å². The highest BCUT2D eigenvalue weighted by Gasteiger charge is 2.50. The molecule has 12 heteroatoms. The van der Waals surface area contributed by atoms with E-state index >= 15 is 4.39 Å². The maximum atomic E-state index is 15.0. The minimum absolute atomic E-state index is 0.166. The van der Waals surface area contributed by atoms with Crippen molar-refractivity contribution in [3.63, 3.8) is 0 Å². The van der Waals surface area contributed by atoms with Crippen LogP contribution in [0.25, 0.3) is 11.2 Å². The van der Waals surface area contributed by atoms with E-state index in [1.165, 1.54) is 17.2 Å². The van der Waals surface area contributed by atoms with Gasteiger partial charge in [0.05, 0.1) is 12.4 Å². The van der Waals surface area contributed by atoms with Crippen molar-refractivity contribution in [2.45, 2.75) is 38.0 Å². The smallest absolute Gasteiger partial charge is 0.348 e. The van der Waals surface area contributed by atoms with Crippen LogP contribution in [0.5, 0.6) is 0 Å². The number of anilines is 1. The Morgan fingerprint density at radius 1 is 1.33 bits per heavy atom. The van der Waals surface area contributed by atoms with Crippen LogP contribution in [-0.4, -0.2) is 48.7 Å². The van der Waals surface area contributed by atoms with Crippen LogP contribution in [0.4, 0.5) is 10.2 Å². The summed E-state index contributed by atoms with van der Waals surface area (Å²) in [5.74, 6) is -0.212. The lowest BCUT2D eigenvalue weighted by Gasteiger charge is -2.15. The number of aromatic nitrogens is 4. The average Bonchev–Trinajstić information content (AvgIpc) is 3.30. The van der Waals surface area contributed by atoms with Crippen molar-refractivity contribution in [3.05, 3.63) is 48.5 Å². The molecule has 1 unspecified atom stereocenters. The molecule has 0 aliphatic carbocycles. The number of ether oxygens (including phenoxy) is 1. The average molecular weight is 434 g/mol. The van der Waals surface area contributed by atoms with E-state index in [1.807, 2.05) is 0 Å². The Labute approximate surface area is 171 Å². The maximum absolute atomic E-state index is 15.0. The summed E-state index contributed by atoms with van der Waals surface area (Å²) in [6.45, 7) is 1.76. The van der Waals surface area contributed by atoms with Gasteiger partial charge in [-0.05, 0) is 18.6 Å². The number of benzene rings is 1. The molecule has 3 aromatic rings. The van der Waals surface area contributed by atoms with Gasteiger partial charge in [0, 0.05) is 10.1 Å². The minimum Gasteiger partial charge on any atom is -0.348 e. The third-order valence-electron chi connectivity index (χ3n) is 4.78. The summed E-state index contributed by atoms with van der Waals surface area (Å²) in [5, 5.41) is 2.67. The monoisotopic (exact) mass is 434 g/mol. The number of hydrogen-bond donors (Lipinski definition) is 2. The SMILES string of the molecule is CC[C@H]1O[C@@H](n2cnc3c(NC(=O)c4ccccc4)ncnc32)[C@H](F)[C@@H]1O[P+](=O)O. The number of fused-ring (bicyclic) bond motifs is 1. The number of carbonyl (C=O) groups is 1. The van der Waals surface area contributed by atoms with Crippen molar-refractivity contribution >= 4 is 31.1 Å². The molecule has 0 saturated carbocycles. The lowest BCUT2D eigenvalue weighted by Crippen LogP contribution is -2.29. The van der Waals surface area contributed by atoms with Gasteiger partial charge < -0.3 is 10.1 Å².